The van der Waals surface area contributed by atoms with Crippen LogP contribution in [0.15, 0.2) is 0 Å². The number of hydrogen-bond donors (Lipinski definition) is 0. The fourth-order valence-electron chi connectivity index (χ4n) is 12.3. The molecule has 0 rings (SSSR count). The van der Waals surface area contributed by atoms with Crippen molar-refractivity contribution >= 4 is 43.9 Å². The van der Waals surface area contributed by atoms with E-state index in [1.165, 1.54) is 0 Å². The summed E-state index contributed by atoms with van der Waals surface area (Å²) in [6.07, 6.45) is 31.9. The molecule has 0 saturated carbocycles. The summed E-state index contributed by atoms with van der Waals surface area (Å²) in [5.41, 5.74) is 0.827. The Morgan fingerprint density at radius 1 is 0.274 bits per heavy atom. The third-order valence-corrected chi connectivity index (χ3v) is 25.0. The first-order chi connectivity index (χ1) is 34.9. The third kappa shape index (κ3) is 25.3. The van der Waals surface area contributed by atoms with Crippen molar-refractivity contribution in [3.8, 4) is 0 Å². The summed E-state index contributed by atoms with van der Waals surface area (Å²) < 4.78 is 26.8. The first kappa shape index (κ1) is 71.7. The van der Waals surface area contributed by atoms with E-state index in [4.69, 9.17) is 12.3 Å². The van der Waals surface area contributed by atoms with Gasteiger partial charge in [-0.05, 0) is 0 Å². The quantitative estimate of drug-likeness (QED) is 0.0555. The van der Waals surface area contributed by atoms with E-state index in [2.05, 4.69) is 111 Å². The van der Waals surface area contributed by atoms with Gasteiger partial charge in [0.15, 0.2) is 0 Å². The molecule has 0 aromatic heterocycles. The van der Waals surface area contributed by atoms with Gasteiger partial charge in [0.05, 0.1) is 0 Å². The first-order valence-electron chi connectivity index (χ1n) is 31.8. The van der Waals surface area contributed by atoms with E-state index in [1.54, 1.807) is 0 Å². The predicted molar refractivity (Wildman–Crippen MR) is 311 cm³/mol. The molecule has 0 N–H and O–H groups in total. The summed E-state index contributed by atoms with van der Waals surface area (Å²) in [6.45, 7) is 35.7. The molecule has 0 bridgehead atoms. The summed E-state index contributed by atoms with van der Waals surface area (Å²) in [7, 11) is 0. The summed E-state index contributed by atoms with van der Waals surface area (Å²) in [5, 5.41) is 0. The minimum atomic E-state index is -6.39. The van der Waals surface area contributed by atoms with E-state index in [9.17, 15) is 0 Å². The van der Waals surface area contributed by atoms with Crippen molar-refractivity contribution in [2.24, 2.45) is 45.3 Å². The molecular formula is C64H124O8Sn. The van der Waals surface area contributed by atoms with Gasteiger partial charge in [0, 0.05) is 0 Å². The number of carbonyl (C=O) groups excluding carboxylic acids is 4. The fourth-order valence-corrected chi connectivity index (χ4v) is 17.7. The van der Waals surface area contributed by atoms with Crippen LogP contribution < -0.4 is 0 Å². The summed E-state index contributed by atoms with van der Waals surface area (Å²) in [6, 6.07) is 0. The van der Waals surface area contributed by atoms with Gasteiger partial charge >= 0.3 is 463 Å². The van der Waals surface area contributed by atoms with Crippen molar-refractivity contribution in [2.75, 3.05) is 0 Å². The molecule has 0 saturated heterocycles. The molecule has 9 heteroatoms. The topological polar surface area (TPSA) is 105 Å². The van der Waals surface area contributed by atoms with Crippen LogP contribution in [0.25, 0.3) is 0 Å². The van der Waals surface area contributed by atoms with E-state index in [-0.39, 0.29) is 21.7 Å². The van der Waals surface area contributed by atoms with Crippen LogP contribution in [0.5, 0.6) is 0 Å². The normalized spacial score (nSPS) is 15.0. The van der Waals surface area contributed by atoms with Crippen molar-refractivity contribution < 1.29 is 31.5 Å². The van der Waals surface area contributed by atoms with Crippen LogP contribution in [0.1, 0.15) is 342 Å². The SMILES string of the molecule is CCCCC(CCCC(CC)(CC)CC)C(=O)[O][Sn]([O]C(=O)C(CCCC)CCCC(CC)(CC)CC)([O]C(=O)C(CCCC)CCCC(CC)(CC)CC)[O]C(=O)C(CCCC)CCCC(CC)(CC)CC. The zero-order valence-electron chi connectivity index (χ0n) is 51.5. The molecule has 432 valence electrons. The average molecular weight is 1140 g/mol. The van der Waals surface area contributed by atoms with Crippen LogP contribution >= 0.6 is 0 Å². The van der Waals surface area contributed by atoms with E-state index in [0.717, 1.165) is 180 Å². The predicted octanol–water partition coefficient (Wildman–Crippen LogP) is 20.4. The molecule has 0 spiro atoms. The van der Waals surface area contributed by atoms with Gasteiger partial charge in [0.25, 0.3) is 0 Å². The molecule has 0 heterocycles. The molecule has 0 aliphatic rings. The van der Waals surface area contributed by atoms with Crippen molar-refractivity contribution in [3.63, 3.8) is 0 Å². The van der Waals surface area contributed by atoms with Crippen molar-refractivity contribution in [2.45, 2.75) is 342 Å². The van der Waals surface area contributed by atoms with Gasteiger partial charge < -0.3 is 0 Å². The first-order valence-corrected chi connectivity index (χ1v) is 36.5. The Morgan fingerprint density at radius 3 is 0.562 bits per heavy atom. The second kappa shape index (κ2) is 40.0. The second-order valence-corrected chi connectivity index (χ2v) is 28.5. The van der Waals surface area contributed by atoms with Crippen molar-refractivity contribution in [3.05, 3.63) is 0 Å². The van der Waals surface area contributed by atoms with E-state index >= 15 is 19.2 Å². The molecule has 0 aliphatic heterocycles. The van der Waals surface area contributed by atoms with Gasteiger partial charge in [0.1, 0.15) is 0 Å². The maximum absolute atomic E-state index is 15.2. The Balaban J connectivity index is 8.07. The van der Waals surface area contributed by atoms with Crippen molar-refractivity contribution in [1.82, 2.24) is 0 Å². The van der Waals surface area contributed by atoms with Gasteiger partial charge in [-0.1, -0.05) is 0 Å². The molecule has 8 nitrogen and oxygen atoms in total. The van der Waals surface area contributed by atoms with Crippen molar-refractivity contribution in [1.29, 1.82) is 0 Å². The van der Waals surface area contributed by atoms with E-state index in [1.807, 2.05) is 0 Å². The zero-order valence-corrected chi connectivity index (χ0v) is 54.4. The molecule has 0 aromatic rings. The van der Waals surface area contributed by atoms with Crippen LogP contribution in [0, 0.1) is 45.3 Å². The Kier molecular flexibility index (Phi) is 39.2. The number of rotatable bonds is 48. The van der Waals surface area contributed by atoms with Gasteiger partial charge in [-0.2, -0.15) is 0 Å². The molecule has 0 aliphatic carbocycles. The monoisotopic (exact) mass is 1140 g/mol. The van der Waals surface area contributed by atoms with Crippen LogP contribution in [-0.4, -0.2) is 43.9 Å². The van der Waals surface area contributed by atoms with Crippen LogP contribution in [-0.2, 0) is 31.5 Å². The Bertz CT molecular complexity index is 1180. The number of carbonyl (C=O) groups is 4. The molecular weight excluding hydrogens is 1020 g/mol. The summed E-state index contributed by atoms with van der Waals surface area (Å²) >= 11 is -6.39. The van der Waals surface area contributed by atoms with Crippen LogP contribution in [0.2, 0.25) is 0 Å². The van der Waals surface area contributed by atoms with Gasteiger partial charge in [0.2, 0.25) is 0 Å². The summed E-state index contributed by atoms with van der Waals surface area (Å²) in [4.78, 5) is 60.8. The molecule has 0 fully saturated rings. The molecule has 0 aromatic carbocycles. The van der Waals surface area contributed by atoms with E-state index in [0.29, 0.717) is 51.4 Å². The maximum atomic E-state index is 15.2. The molecule has 73 heavy (non-hydrogen) atoms. The van der Waals surface area contributed by atoms with Gasteiger partial charge in [-0.25, -0.2) is 0 Å². The Morgan fingerprint density at radius 2 is 0.425 bits per heavy atom. The number of unbranched alkanes of at least 4 members (excludes halogenated alkanes) is 4. The minimum absolute atomic E-state index is 0.207. The van der Waals surface area contributed by atoms with Crippen LogP contribution in [0.3, 0.4) is 0 Å². The Hall–Kier alpha value is -1.32. The average Bonchev–Trinajstić information content (AvgIpc) is 3.40. The zero-order chi connectivity index (χ0) is 55.4. The molecule has 0 amide bonds. The second-order valence-electron chi connectivity index (χ2n) is 23.4. The molecule has 4 unspecified atom stereocenters. The molecule has 0 radical (unpaired) electrons. The summed E-state index contributed by atoms with van der Waals surface area (Å²) in [5.74, 6) is -4.27. The van der Waals surface area contributed by atoms with Gasteiger partial charge in [-0.3, -0.25) is 0 Å². The standard InChI is InChI=1S/4C16H32O2.Sn/c4*1-5-9-11-14(15(17)18)12-10-13-16(6-2,7-3)8-4;/h4*14H,5-13H2,1-4H3,(H,17,18);/q;;;;+4/p-4. The van der Waals surface area contributed by atoms with Gasteiger partial charge in [-0.15, -0.1) is 0 Å². The fraction of sp³-hybridized carbons (Fsp3) is 0.938. The third-order valence-electron chi connectivity index (χ3n) is 19.9. The number of hydrogen-bond acceptors (Lipinski definition) is 8. The Labute approximate surface area is 460 Å². The van der Waals surface area contributed by atoms with Crippen LogP contribution in [0.4, 0.5) is 0 Å². The molecule has 4 atom stereocenters. The van der Waals surface area contributed by atoms with E-state index < -0.39 is 67.6 Å².